The number of nitrogens with two attached hydrogens (primary N) is 1. The minimum atomic E-state index is -0.164. The van der Waals surface area contributed by atoms with Crippen LogP contribution in [-0.2, 0) is 0 Å². The molecule has 1 aliphatic carbocycles. The van der Waals surface area contributed by atoms with Crippen molar-refractivity contribution in [2.45, 2.75) is 38.1 Å². The second-order valence-corrected chi connectivity index (χ2v) is 4.37. The van der Waals surface area contributed by atoms with Gasteiger partial charge in [-0.2, -0.15) is 0 Å². The third-order valence-electron chi connectivity index (χ3n) is 3.40. The van der Waals surface area contributed by atoms with Crippen molar-refractivity contribution < 1.29 is 4.79 Å². The predicted molar refractivity (Wildman–Crippen MR) is 64.2 cm³/mol. The molecule has 4 N–H and O–H groups in total. The van der Waals surface area contributed by atoms with Crippen LogP contribution in [0.3, 0.4) is 0 Å². The van der Waals surface area contributed by atoms with E-state index < -0.39 is 0 Å². The number of nitrogen functional groups attached to an aromatic ring is 1. The molecule has 1 aromatic rings. The Kier molecular flexibility index (Phi) is 3.23. The molecule has 0 aromatic carbocycles. The van der Waals surface area contributed by atoms with Crippen molar-refractivity contribution in [3.05, 3.63) is 18.1 Å². The van der Waals surface area contributed by atoms with E-state index in [-0.39, 0.29) is 11.4 Å². The maximum absolute atomic E-state index is 11.9. The SMILES string of the molecule is CCC1(NC(=O)c2cnc(NN)cn2)CCC1. The van der Waals surface area contributed by atoms with Crippen molar-refractivity contribution in [2.75, 3.05) is 5.43 Å². The molecule has 0 atom stereocenters. The first-order valence-corrected chi connectivity index (χ1v) is 5.80. The van der Waals surface area contributed by atoms with E-state index in [1.54, 1.807) is 0 Å². The molecule has 2 rings (SSSR count). The van der Waals surface area contributed by atoms with Crippen LogP contribution in [0.4, 0.5) is 5.82 Å². The zero-order valence-electron chi connectivity index (χ0n) is 9.86. The number of amides is 1. The van der Waals surface area contributed by atoms with Crippen LogP contribution < -0.4 is 16.6 Å². The zero-order valence-corrected chi connectivity index (χ0v) is 9.86. The molecule has 1 aliphatic rings. The van der Waals surface area contributed by atoms with E-state index in [2.05, 4.69) is 27.6 Å². The fraction of sp³-hybridized carbons (Fsp3) is 0.545. The van der Waals surface area contributed by atoms with Crippen molar-refractivity contribution in [1.29, 1.82) is 0 Å². The molecule has 1 aromatic heterocycles. The van der Waals surface area contributed by atoms with Gasteiger partial charge in [0.2, 0.25) is 0 Å². The van der Waals surface area contributed by atoms with Crippen LogP contribution in [0.15, 0.2) is 12.4 Å². The highest BCUT2D eigenvalue weighted by Gasteiger charge is 2.36. The van der Waals surface area contributed by atoms with Gasteiger partial charge in [0, 0.05) is 5.54 Å². The minimum Gasteiger partial charge on any atom is -0.345 e. The van der Waals surface area contributed by atoms with Crippen molar-refractivity contribution >= 4 is 11.7 Å². The van der Waals surface area contributed by atoms with E-state index in [4.69, 9.17) is 5.84 Å². The number of anilines is 1. The molecule has 0 spiro atoms. The number of hydrogen-bond acceptors (Lipinski definition) is 5. The first-order valence-electron chi connectivity index (χ1n) is 5.80. The summed E-state index contributed by atoms with van der Waals surface area (Å²) in [5.74, 6) is 5.45. The van der Waals surface area contributed by atoms with Crippen molar-refractivity contribution in [1.82, 2.24) is 15.3 Å². The maximum Gasteiger partial charge on any atom is 0.271 e. The average molecular weight is 235 g/mol. The smallest absolute Gasteiger partial charge is 0.271 e. The summed E-state index contributed by atoms with van der Waals surface area (Å²) in [4.78, 5) is 19.9. The molecular formula is C11H17N5O. The van der Waals surface area contributed by atoms with E-state index in [0.29, 0.717) is 11.5 Å². The normalized spacial score (nSPS) is 17.1. The molecule has 0 unspecified atom stereocenters. The number of rotatable bonds is 4. The molecule has 6 nitrogen and oxygen atoms in total. The molecule has 0 aliphatic heterocycles. The lowest BCUT2D eigenvalue weighted by Gasteiger charge is -2.41. The van der Waals surface area contributed by atoms with Gasteiger partial charge in [-0.3, -0.25) is 4.79 Å². The molecule has 1 amide bonds. The van der Waals surface area contributed by atoms with E-state index in [9.17, 15) is 4.79 Å². The van der Waals surface area contributed by atoms with Gasteiger partial charge in [-0.1, -0.05) is 6.92 Å². The number of hydrazine groups is 1. The van der Waals surface area contributed by atoms with Gasteiger partial charge in [0.15, 0.2) is 5.82 Å². The van der Waals surface area contributed by atoms with Crippen LogP contribution >= 0.6 is 0 Å². The maximum atomic E-state index is 11.9. The van der Waals surface area contributed by atoms with Gasteiger partial charge in [-0.05, 0) is 25.7 Å². The third-order valence-corrected chi connectivity index (χ3v) is 3.40. The van der Waals surface area contributed by atoms with Gasteiger partial charge < -0.3 is 10.7 Å². The Morgan fingerprint density at radius 1 is 1.47 bits per heavy atom. The summed E-state index contributed by atoms with van der Waals surface area (Å²) in [5, 5.41) is 3.04. The number of aromatic nitrogens is 2. The molecule has 6 heteroatoms. The molecule has 1 saturated carbocycles. The Bertz CT molecular complexity index is 393. The van der Waals surface area contributed by atoms with Gasteiger partial charge in [0.25, 0.3) is 5.91 Å². The Morgan fingerprint density at radius 3 is 2.65 bits per heavy atom. The summed E-state index contributed by atoms with van der Waals surface area (Å²) in [6.07, 6.45) is 7.08. The van der Waals surface area contributed by atoms with E-state index >= 15 is 0 Å². The van der Waals surface area contributed by atoms with Gasteiger partial charge in [0.1, 0.15) is 5.69 Å². The molecule has 1 fully saturated rings. The van der Waals surface area contributed by atoms with Crippen molar-refractivity contribution in [2.24, 2.45) is 5.84 Å². The summed E-state index contributed by atoms with van der Waals surface area (Å²) < 4.78 is 0. The van der Waals surface area contributed by atoms with E-state index in [0.717, 1.165) is 19.3 Å². The second-order valence-electron chi connectivity index (χ2n) is 4.37. The zero-order chi connectivity index (χ0) is 12.3. The Hall–Kier alpha value is -1.69. The summed E-state index contributed by atoms with van der Waals surface area (Å²) in [7, 11) is 0. The number of hydrogen-bond donors (Lipinski definition) is 3. The first kappa shape index (κ1) is 11.8. The number of nitrogens with one attached hydrogen (secondary N) is 2. The lowest BCUT2D eigenvalue weighted by Crippen LogP contribution is -2.53. The fourth-order valence-corrected chi connectivity index (χ4v) is 2.00. The minimum absolute atomic E-state index is 0.0243. The standard InChI is InChI=1S/C11H17N5O/c1-2-11(4-3-5-11)15-10(17)8-6-14-9(16-12)7-13-8/h6-7H,2-5,12H2,1H3,(H,14,16)(H,15,17). The quantitative estimate of drug-likeness (QED) is 0.531. The Balaban J connectivity index is 2.03. The molecule has 92 valence electrons. The average Bonchev–Trinajstić information content (AvgIpc) is 2.33. The predicted octanol–water partition coefficient (Wildman–Crippen LogP) is 0.825. The lowest BCUT2D eigenvalue weighted by atomic mass is 9.75. The number of carbonyl (C=O) groups is 1. The van der Waals surface area contributed by atoms with Gasteiger partial charge in [0.05, 0.1) is 12.4 Å². The number of nitrogens with zero attached hydrogens (tertiary/aromatic N) is 2. The summed E-state index contributed by atoms with van der Waals surface area (Å²) in [5.41, 5.74) is 2.67. The third kappa shape index (κ3) is 2.36. The van der Waals surface area contributed by atoms with E-state index in [1.165, 1.54) is 18.8 Å². The number of carbonyl (C=O) groups excluding carboxylic acids is 1. The second kappa shape index (κ2) is 4.67. The van der Waals surface area contributed by atoms with Crippen LogP contribution in [-0.4, -0.2) is 21.4 Å². The van der Waals surface area contributed by atoms with Crippen molar-refractivity contribution in [3.8, 4) is 0 Å². The van der Waals surface area contributed by atoms with Crippen molar-refractivity contribution in [3.63, 3.8) is 0 Å². The molecule has 1 heterocycles. The summed E-state index contributed by atoms with van der Waals surface area (Å²) >= 11 is 0. The molecular weight excluding hydrogens is 218 g/mol. The highest BCUT2D eigenvalue weighted by Crippen LogP contribution is 2.34. The molecule has 17 heavy (non-hydrogen) atoms. The monoisotopic (exact) mass is 235 g/mol. The Labute approximate surface area is 100.0 Å². The fourth-order valence-electron chi connectivity index (χ4n) is 2.00. The largest absolute Gasteiger partial charge is 0.345 e. The van der Waals surface area contributed by atoms with Gasteiger partial charge in [-0.15, -0.1) is 0 Å². The van der Waals surface area contributed by atoms with Crippen LogP contribution in [0.2, 0.25) is 0 Å². The topological polar surface area (TPSA) is 92.9 Å². The van der Waals surface area contributed by atoms with Crippen LogP contribution in [0.25, 0.3) is 0 Å². The summed E-state index contributed by atoms with van der Waals surface area (Å²) in [6.45, 7) is 2.09. The lowest BCUT2D eigenvalue weighted by molar-refractivity contribution is 0.0815. The highest BCUT2D eigenvalue weighted by molar-refractivity contribution is 5.92. The van der Waals surface area contributed by atoms with Crippen LogP contribution in [0, 0.1) is 0 Å². The van der Waals surface area contributed by atoms with Gasteiger partial charge in [-0.25, -0.2) is 15.8 Å². The molecule has 0 radical (unpaired) electrons. The molecule has 0 saturated heterocycles. The Morgan fingerprint density at radius 2 is 2.24 bits per heavy atom. The summed E-state index contributed by atoms with van der Waals surface area (Å²) in [6, 6.07) is 0. The van der Waals surface area contributed by atoms with E-state index in [1.807, 2.05) is 0 Å². The molecule has 0 bridgehead atoms. The van der Waals surface area contributed by atoms with Gasteiger partial charge >= 0.3 is 0 Å². The first-order chi connectivity index (χ1) is 8.19. The highest BCUT2D eigenvalue weighted by atomic mass is 16.2. The van der Waals surface area contributed by atoms with Crippen LogP contribution in [0.5, 0.6) is 0 Å². The van der Waals surface area contributed by atoms with Crippen LogP contribution in [0.1, 0.15) is 43.1 Å².